The number of halogens is 1. The van der Waals surface area contributed by atoms with Gasteiger partial charge in [0.15, 0.2) is 4.77 Å². The van der Waals surface area contributed by atoms with Crippen LogP contribution in [-0.2, 0) is 0 Å². The Morgan fingerprint density at radius 2 is 1.94 bits per heavy atom. The molecular formula is C10H7BrN4O2S. The van der Waals surface area contributed by atoms with Crippen LogP contribution in [-0.4, -0.2) is 15.1 Å². The zero-order valence-corrected chi connectivity index (χ0v) is 11.2. The summed E-state index contributed by atoms with van der Waals surface area (Å²) in [5.41, 5.74) is -0.287. The largest absolute Gasteiger partial charge is 0.493 e. The molecule has 0 radical (unpaired) electrons. The second-order valence-corrected chi connectivity index (χ2v) is 4.52. The van der Waals surface area contributed by atoms with E-state index in [1.54, 1.807) is 18.2 Å². The number of nitrogens with one attached hydrogen (secondary N) is 2. The van der Waals surface area contributed by atoms with E-state index in [2.05, 4.69) is 36.1 Å². The third-order valence-electron chi connectivity index (χ3n) is 2.01. The predicted molar refractivity (Wildman–Crippen MR) is 72.2 cm³/mol. The maximum atomic E-state index is 11.5. The summed E-state index contributed by atoms with van der Waals surface area (Å²) in [6, 6.07) is 7.11. The van der Waals surface area contributed by atoms with E-state index in [0.717, 1.165) is 4.47 Å². The third kappa shape index (κ3) is 2.71. The normalized spacial score (nSPS) is 10.9. The van der Waals surface area contributed by atoms with Crippen LogP contribution in [0.5, 0.6) is 5.88 Å². The first kappa shape index (κ1) is 12.7. The second-order valence-electron chi connectivity index (χ2n) is 3.26. The molecule has 1 aromatic heterocycles. The summed E-state index contributed by atoms with van der Waals surface area (Å²) in [7, 11) is 0. The van der Waals surface area contributed by atoms with Crippen LogP contribution in [0.1, 0.15) is 0 Å². The van der Waals surface area contributed by atoms with Crippen LogP contribution < -0.4 is 5.56 Å². The van der Waals surface area contributed by atoms with E-state index in [1.807, 2.05) is 6.07 Å². The first-order valence-electron chi connectivity index (χ1n) is 4.80. The van der Waals surface area contributed by atoms with Crippen LogP contribution >= 0.6 is 28.1 Å². The smallest absolute Gasteiger partial charge is 0.283 e. The van der Waals surface area contributed by atoms with Gasteiger partial charge in [0.1, 0.15) is 0 Å². The number of rotatable bonds is 2. The van der Waals surface area contributed by atoms with Gasteiger partial charge in [-0.2, -0.15) is 0 Å². The number of benzene rings is 1. The molecule has 2 rings (SSSR count). The lowest BCUT2D eigenvalue weighted by atomic mass is 10.3. The first-order chi connectivity index (χ1) is 8.58. The van der Waals surface area contributed by atoms with Crippen molar-refractivity contribution in [3.63, 3.8) is 0 Å². The summed E-state index contributed by atoms with van der Waals surface area (Å²) in [6.07, 6.45) is 0. The Kier molecular flexibility index (Phi) is 3.68. The molecule has 6 nitrogen and oxygen atoms in total. The maximum absolute atomic E-state index is 11.5. The van der Waals surface area contributed by atoms with Gasteiger partial charge in [-0.15, -0.1) is 10.2 Å². The molecule has 0 saturated heterocycles. The minimum atomic E-state index is -0.605. The number of hydrogen-bond acceptors (Lipinski definition) is 5. The van der Waals surface area contributed by atoms with E-state index in [1.165, 1.54) is 0 Å². The summed E-state index contributed by atoms with van der Waals surface area (Å²) in [5, 5.41) is 17.1. The Labute approximate surface area is 115 Å². The van der Waals surface area contributed by atoms with E-state index in [0.29, 0.717) is 5.69 Å². The molecule has 1 heterocycles. The fourth-order valence-electron chi connectivity index (χ4n) is 1.20. The molecule has 0 fully saturated rings. The molecule has 0 atom stereocenters. The second kappa shape index (κ2) is 5.23. The molecule has 18 heavy (non-hydrogen) atoms. The topological polar surface area (TPSA) is 93.6 Å². The zero-order valence-electron chi connectivity index (χ0n) is 8.85. The van der Waals surface area contributed by atoms with Crippen molar-refractivity contribution in [3.8, 4) is 5.88 Å². The van der Waals surface area contributed by atoms with Crippen molar-refractivity contribution in [2.45, 2.75) is 0 Å². The van der Waals surface area contributed by atoms with Crippen LogP contribution in [0.25, 0.3) is 0 Å². The SMILES string of the molecule is O=c1[nH]c(=S)[nH]c(O)c1N=Nc1ccccc1Br. The number of nitrogens with zero attached hydrogens (tertiary/aromatic N) is 2. The van der Waals surface area contributed by atoms with Gasteiger partial charge in [-0.25, -0.2) is 0 Å². The standard InChI is InChI=1S/C10H7BrN4O2S/c11-5-3-1-2-4-6(5)14-15-7-8(16)12-10(18)13-9(7)17/h1-4H,(H3,12,13,16,17,18). The maximum Gasteiger partial charge on any atom is 0.283 e. The minimum Gasteiger partial charge on any atom is -0.493 e. The molecule has 0 unspecified atom stereocenters. The van der Waals surface area contributed by atoms with Crippen molar-refractivity contribution in [1.29, 1.82) is 0 Å². The van der Waals surface area contributed by atoms with Gasteiger partial charge in [0.05, 0.1) is 5.69 Å². The lowest BCUT2D eigenvalue weighted by molar-refractivity contribution is 0.451. The fourth-order valence-corrected chi connectivity index (χ4v) is 1.75. The van der Waals surface area contributed by atoms with Gasteiger partial charge >= 0.3 is 0 Å². The van der Waals surface area contributed by atoms with Crippen LogP contribution in [0, 0.1) is 4.77 Å². The highest BCUT2D eigenvalue weighted by molar-refractivity contribution is 9.10. The van der Waals surface area contributed by atoms with E-state index < -0.39 is 11.4 Å². The highest BCUT2D eigenvalue weighted by Crippen LogP contribution is 2.27. The average molecular weight is 327 g/mol. The highest BCUT2D eigenvalue weighted by atomic mass is 79.9. The molecule has 1 aromatic carbocycles. The third-order valence-corrected chi connectivity index (χ3v) is 2.88. The van der Waals surface area contributed by atoms with Crippen LogP contribution in [0.4, 0.5) is 11.4 Å². The Bertz CT molecular complexity index is 722. The zero-order chi connectivity index (χ0) is 13.1. The molecule has 2 aromatic rings. The van der Waals surface area contributed by atoms with Crippen molar-refractivity contribution >= 4 is 39.5 Å². The number of aromatic hydroxyl groups is 1. The summed E-state index contributed by atoms with van der Waals surface area (Å²) < 4.78 is 0.755. The van der Waals surface area contributed by atoms with Gasteiger partial charge in [-0.1, -0.05) is 12.1 Å². The molecule has 0 spiro atoms. The number of aromatic amines is 2. The number of H-pyrrole nitrogens is 2. The average Bonchev–Trinajstić information content (AvgIpc) is 2.30. The quantitative estimate of drug-likeness (QED) is 0.583. The molecule has 3 N–H and O–H groups in total. The number of azo groups is 1. The monoisotopic (exact) mass is 326 g/mol. The fraction of sp³-hybridized carbons (Fsp3) is 0. The van der Waals surface area contributed by atoms with Crippen molar-refractivity contribution in [2.24, 2.45) is 10.2 Å². The van der Waals surface area contributed by atoms with Gasteiger partial charge in [0.25, 0.3) is 5.56 Å². The Morgan fingerprint density at radius 3 is 2.61 bits per heavy atom. The predicted octanol–water partition coefficient (Wildman–Crippen LogP) is 3.32. The lowest BCUT2D eigenvalue weighted by Crippen LogP contribution is -2.06. The van der Waals surface area contributed by atoms with E-state index in [-0.39, 0.29) is 10.5 Å². The Hall–Kier alpha value is -1.80. The molecular weight excluding hydrogens is 320 g/mol. The number of aromatic nitrogens is 2. The van der Waals surface area contributed by atoms with E-state index in [9.17, 15) is 9.90 Å². The molecule has 0 amide bonds. The van der Waals surface area contributed by atoms with Crippen molar-refractivity contribution in [1.82, 2.24) is 9.97 Å². The lowest BCUT2D eigenvalue weighted by Gasteiger charge is -1.97. The Morgan fingerprint density at radius 1 is 1.22 bits per heavy atom. The van der Waals surface area contributed by atoms with Crippen LogP contribution in [0.3, 0.4) is 0 Å². The van der Waals surface area contributed by atoms with E-state index in [4.69, 9.17) is 12.2 Å². The summed E-state index contributed by atoms with van der Waals surface area (Å²) >= 11 is 7.99. The van der Waals surface area contributed by atoms with E-state index >= 15 is 0 Å². The first-order valence-corrected chi connectivity index (χ1v) is 6.00. The van der Waals surface area contributed by atoms with Crippen LogP contribution in [0.15, 0.2) is 43.8 Å². The van der Waals surface area contributed by atoms with Gasteiger partial charge in [0, 0.05) is 4.47 Å². The summed E-state index contributed by atoms with van der Waals surface area (Å²) in [4.78, 5) is 16.2. The molecule has 0 aliphatic rings. The summed E-state index contributed by atoms with van der Waals surface area (Å²) in [6.45, 7) is 0. The van der Waals surface area contributed by atoms with Gasteiger partial charge in [-0.3, -0.25) is 9.78 Å². The summed E-state index contributed by atoms with van der Waals surface area (Å²) in [5.74, 6) is -0.417. The van der Waals surface area contributed by atoms with Crippen molar-refractivity contribution < 1.29 is 5.11 Å². The van der Waals surface area contributed by atoms with Crippen molar-refractivity contribution in [2.75, 3.05) is 0 Å². The van der Waals surface area contributed by atoms with Gasteiger partial charge in [-0.05, 0) is 40.3 Å². The molecule has 8 heteroatoms. The molecule has 0 aliphatic carbocycles. The van der Waals surface area contributed by atoms with Crippen molar-refractivity contribution in [3.05, 3.63) is 43.9 Å². The Balaban J connectivity index is 2.45. The minimum absolute atomic E-state index is 0.0253. The van der Waals surface area contributed by atoms with Gasteiger partial charge < -0.3 is 10.1 Å². The van der Waals surface area contributed by atoms with Gasteiger partial charge in [0.2, 0.25) is 11.6 Å². The van der Waals surface area contributed by atoms with Crippen LogP contribution in [0.2, 0.25) is 0 Å². The molecule has 0 aliphatic heterocycles. The number of hydrogen-bond donors (Lipinski definition) is 3. The highest BCUT2D eigenvalue weighted by Gasteiger charge is 2.06. The molecule has 92 valence electrons. The molecule has 0 bridgehead atoms. The molecule has 0 saturated carbocycles.